The highest BCUT2D eigenvalue weighted by atomic mass is 16.4. The Morgan fingerprint density at radius 3 is 1.71 bits per heavy atom. The summed E-state index contributed by atoms with van der Waals surface area (Å²) in [4.78, 5) is 21.9. The molecule has 0 bridgehead atoms. The summed E-state index contributed by atoms with van der Waals surface area (Å²) in [6.07, 6.45) is 18.3. The second kappa shape index (κ2) is 17.8. The van der Waals surface area contributed by atoms with E-state index in [-0.39, 0.29) is 18.8 Å². The maximum atomic E-state index is 11.0. The highest BCUT2D eigenvalue weighted by molar-refractivity contribution is 5.67. The average Bonchev–Trinajstić information content (AvgIpc) is 2.74. The van der Waals surface area contributed by atoms with Crippen LogP contribution < -0.4 is 0 Å². The summed E-state index contributed by atoms with van der Waals surface area (Å²) in [6, 6.07) is 8.33. The van der Waals surface area contributed by atoms with Crippen LogP contribution in [0.4, 0.5) is 0 Å². The Labute approximate surface area is 189 Å². The van der Waals surface area contributed by atoms with Gasteiger partial charge in [0.25, 0.3) is 0 Å². The van der Waals surface area contributed by atoms with Crippen molar-refractivity contribution in [1.29, 1.82) is 0 Å². The Kier molecular flexibility index (Phi) is 15.6. The quantitative estimate of drug-likeness (QED) is 0.207. The van der Waals surface area contributed by atoms with Crippen molar-refractivity contribution < 1.29 is 19.8 Å². The van der Waals surface area contributed by atoms with Gasteiger partial charge in [0, 0.05) is 12.8 Å². The third-order valence-electron chi connectivity index (χ3n) is 6.15. The zero-order valence-corrected chi connectivity index (χ0v) is 19.6. The molecule has 0 atom stereocenters. The van der Waals surface area contributed by atoms with Gasteiger partial charge in [-0.15, -0.1) is 0 Å². The average molecular weight is 433 g/mol. The molecule has 176 valence electrons. The number of aliphatic carboxylic acids is 2. The van der Waals surface area contributed by atoms with E-state index in [2.05, 4.69) is 19.1 Å². The van der Waals surface area contributed by atoms with Crippen LogP contribution in [0.15, 0.2) is 24.3 Å². The number of hydrogen-bond donors (Lipinski definition) is 2. The molecule has 1 rings (SSSR count). The Balaban J connectivity index is 2.27. The molecule has 4 nitrogen and oxygen atoms in total. The Hall–Kier alpha value is -1.84. The van der Waals surface area contributed by atoms with Gasteiger partial charge in [-0.25, -0.2) is 0 Å². The number of carboxylic acids is 2. The van der Waals surface area contributed by atoms with Crippen LogP contribution in [-0.4, -0.2) is 22.2 Å². The van der Waals surface area contributed by atoms with Crippen molar-refractivity contribution in [3.8, 4) is 0 Å². The van der Waals surface area contributed by atoms with Crippen LogP contribution in [0, 0.1) is 0 Å². The molecule has 0 unspecified atom stereocenters. The molecule has 0 saturated heterocycles. The number of hydrogen-bond acceptors (Lipinski definition) is 2. The lowest BCUT2D eigenvalue weighted by atomic mass is 9.88. The van der Waals surface area contributed by atoms with Crippen molar-refractivity contribution in [3.05, 3.63) is 35.4 Å². The second-order valence-electron chi connectivity index (χ2n) is 8.95. The summed E-state index contributed by atoms with van der Waals surface area (Å²) < 4.78 is 0. The second-order valence-corrected chi connectivity index (χ2v) is 8.95. The number of benzene rings is 1. The van der Waals surface area contributed by atoms with E-state index in [1.807, 2.05) is 12.1 Å². The molecule has 0 aliphatic carbocycles. The van der Waals surface area contributed by atoms with Crippen molar-refractivity contribution in [2.24, 2.45) is 0 Å². The summed E-state index contributed by atoms with van der Waals surface area (Å²) in [5.74, 6) is -1.66. The van der Waals surface area contributed by atoms with Gasteiger partial charge in [0.05, 0.1) is 0 Å². The molecular weight excluding hydrogens is 388 g/mol. The third-order valence-corrected chi connectivity index (χ3v) is 6.15. The fourth-order valence-electron chi connectivity index (χ4n) is 4.25. The molecule has 0 saturated carbocycles. The molecule has 0 aliphatic rings. The van der Waals surface area contributed by atoms with Crippen LogP contribution in [0.25, 0.3) is 0 Å². The van der Waals surface area contributed by atoms with Gasteiger partial charge in [0.1, 0.15) is 0 Å². The molecule has 0 fully saturated rings. The molecule has 0 heterocycles. The largest absolute Gasteiger partial charge is 0.481 e. The smallest absolute Gasteiger partial charge is 0.303 e. The van der Waals surface area contributed by atoms with E-state index < -0.39 is 11.9 Å². The van der Waals surface area contributed by atoms with E-state index >= 15 is 0 Å². The lowest BCUT2D eigenvalue weighted by molar-refractivity contribution is -0.137. The maximum Gasteiger partial charge on any atom is 0.303 e. The van der Waals surface area contributed by atoms with E-state index in [1.54, 1.807) is 0 Å². The topological polar surface area (TPSA) is 74.6 Å². The van der Waals surface area contributed by atoms with Gasteiger partial charge in [-0.3, -0.25) is 9.59 Å². The molecule has 0 aromatic heterocycles. The van der Waals surface area contributed by atoms with Crippen molar-refractivity contribution in [2.75, 3.05) is 0 Å². The molecule has 2 N–H and O–H groups in total. The van der Waals surface area contributed by atoms with E-state index in [1.165, 1.54) is 82.6 Å². The lowest BCUT2D eigenvalue weighted by Crippen LogP contribution is -2.07. The van der Waals surface area contributed by atoms with E-state index in [4.69, 9.17) is 10.2 Å². The highest BCUT2D eigenvalue weighted by Crippen LogP contribution is 2.27. The molecule has 1 aromatic rings. The summed E-state index contributed by atoms with van der Waals surface area (Å²) in [7, 11) is 0. The Morgan fingerprint density at radius 1 is 0.742 bits per heavy atom. The zero-order valence-electron chi connectivity index (χ0n) is 19.6. The van der Waals surface area contributed by atoms with Crippen molar-refractivity contribution in [1.82, 2.24) is 0 Å². The van der Waals surface area contributed by atoms with Crippen molar-refractivity contribution in [3.63, 3.8) is 0 Å². The molecule has 31 heavy (non-hydrogen) atoms. The first-order valence-corrected chi connectivity index (χ1v) is 12.5. The molecule has 0 amide bonds. The lowest BCUT2D eigenvalue weighted by Gasteiger charge is -2.17. The van der Waals surface area contributed by atoms with Gasteiger partial charge >= 0.3 is 11.9 Å². The predicted octanol–water partition coefficient (Wildman–Crippen LogP) is 7.74. The van der Waals surface area contributed by atoms with Crippen LogP contribution in [-0.2, 0) is 16.0 Å². The van der Waals surface area contributed by atoms with E-state index in [0.29, 0.717) is 12.8 Å². The first-order valence-electron chi connectivity index (χ1n) is 12.5. The Morgan fingerprint density at radius 2 is 1.23 bits per heavy atom. The normalized spacial score (nSPS) is 11.2. The highest BCUT2D eigenvalue weighted by Gasteiger charge is 2.15. The third kappa shape index (κ3) is 14.7. The van der Waals surface area contributed by atoms with Gasteiger partial charge in [0.2, 0.25) is 0 Å². The molecule has 4 heteroatoms. The minimum Gasteiger partial charge on any atom is -0.481 e. The van der Waals surface area contributed by atoms with Gasteiger partial charge in [-0.05, 0) is 42.7 Å². The number of unbranched alkanes of at least 4 members (excludes halogenated alkanes) is 11. The molecular formula is C27H44O4. The molecule has 0 aliphatic heterocycles. The van der Waals surface area contributed by atoms with Crippen molar-refractivity contribution >= 4 is 11.9 Å². The summed E-state index contributed by atoms with van der Waals surface area (Å²) in [6.45, 7) is 2.26. The van der Waals surface area contributed by atoms with Crippen LogP contribution in [0.1, 0.15) is 127 Å². The minimum atomic E-state index is -0.826. The fraction of sp³-hybridized carbons (Fsp3) is 0.704. The number of carbonyl (C=O) groups is 2. The predicted molar refractivity (Wildman–Crippen MR) is 128 cm³/mol. The van der Waals surface area contributed by atoms with Gasteiger partial charge in [0.15, 0.2) is 0 Å². The SMILES string of the molecule is CCCCCCCCCCCCCCc1cccc(C(CCC(=O)O)CCC(=O)O)c1. The van der Waals surface area contributed by atoms with Gasteiger partial charge in [-0.2, -0.15) is 0 Å². The summed E-state index contributed by atoms with van der Waals surface area (Å²) >= 11 is 0. The van der Waals surface area contributed by atoms with E-state index in [9.17, 15) is 9.59 Å². The van der Waals surface area contributed by atoms with Crippen LogP contribution in [0.5, 0.6) is 0 Å². The van der Waals surface area contributed by atoms with Crippen LogP contribution in [0.3, 0.4) is 0 Å². The summed E-state index contributed by atoms with van der Waals surface area (Å²) in [5, 5.41) is 18.0. The molecule has 0 spiro atoms. The zero-order chi connectivity index (χ0) is 22.7. The molecule has 1 aromatic carbocycles. The fourth-order valence-corrected chi connectivity index (χ4v) is 4.25. The van der Waals surface area contributed by atoms with E-state index in [0.717, 1.165) is 12.0 Å². The molecule has 0 radical (unpaired) electrons. The first-order chi connectivity index (χ1) is 15.0. The van der Waals surface area contributed by atoms with Gasteiger partial charge in [-0.1, -0.05) is 102 Å². The first kappa shape index (κ1) is 27.2. The van der Waals surface area contributed by atoms with Crippen LogP contribution in [0.2, 0.25) is 0 Å². The maximum absolute atomic E-state index is 11.0. The van der Waals surface area contributed by atoms with Crippen molar-refractivity contribution in [2.45, 2.75) is 122 Å². The number of aryl methyl sites for hydroxylation is 1. The number of rotatable bonds is 20. The van der Waals surface area contributed by atoms with Gasteiger partial charge < -0.3 is 10.2 Å². The standard InChI is InChI=1S/C27H44O4/c1-2-3-4-5-6-7-8-9-10-11-12-13-15-23-16-14-17-25(22-23)24(18-20-26(28)29)19-21-27(30)31/h14,16-17,22,24H,2-13,15,18-21H2,1H3,(H,28,29)(H,30,31). The minimum absolute atomic E-state index is 0.00544. The Bertz CT molecular complexity index is 593. The number of carboxylic acid groups (broad SMARTS) is 2. The summed E-state index contributed by atoms with van der Waals surface area (Å²) in [5.41, 5.74) is 2.36. The van der Waals surface area contributed by atoms with Crippen LogP contribution >= 0.6 is 0 Å². The monoisotopic (exact) mass is 432 g/mol.